The van der Waals surface area contributed by atoms with E-state index in [2.05, 4.69) is 40.2 Å². The number of thiophene rings is 1. The smallest absolute Gasteiger partial charge is 0.341 e. The second-order valence-electron chi connectivity index (χ2n) is 10.5. The molecule has 2 unspecified atom stereocenters. The van der Waals surface area contributed by atoms with Crippen molar-refractivity contribution in [2.24, 2.45) is 0 Å². The van der Waals surface area contributed by atoms with Crippen LogP contribution in [0.3, 0.4) is 0 Å². The van der Waals surface area contributed by atoms with Crippen molar-refractivity contribution in [1.29, 1.82) is 0 Å². The maximum atomic E-state index is 13.4. The highest BCUT2D eigenvalue weighted by molar-refractivity contribution is 8.00. The Morgan fingerprint density at radius 2 is 1.74 bits per heavy atom. The molecule has 3 N–H and O–H groups in total. The SMILES string of the molecule is CCOC(=O)c1c(NC(=O)C(C)Sc2cccc(NC(=S)Nc3ccc(C)cc3)c2)sc2c1CCC(c1ccccc1)C2. The van der Waals surface area contributed by atoms with Gasteiger partial charge in [0, 0.05) is 21.1 Å². The van der Waals surface area contributed by atoms with Crippen molar-refractivity contribution in [2.75, 3.05) is 22.6 Å². The molecule has 1 amide bonds. The van der Waals surface area contributed by atoms with Crippen LogP contribution in [0.4, 0.5) is 16.4 Å². The summed E-state index contributed by atoms with van der Waals surface area (Å²) in [5.41, 5.74) is 5.75. The highest BCUT2D eigenvalue weighted by Crippen LogP contribution is 2.43. The zero-order chi connectivity index (χ0) is 30.3. The van der Waals surface area contributed by atoms with Crippen LogP contribution in [0.15, 0.2) is 83.8 Å². The first-order chi connectivity index (χ1) is 20.8. The molecule has 0 saturated carbocycles. The molecular weight excluding hydrogens is 595 g/mol. The van der Waals surface area contributed by atoms with Crippen molar-refractivity contribution in [3.63, 3.8) is 0 Å². The maximum Gasteiger partial charge on any atom is 0.341 e. The van der Waals surface area contributed by atoms with Gasteiger partial charge < -0.3 is 20.7 Å². The van der Waals surface area contributed by atoms with Crippen molar-refractivity contribution in [3.05, 3.63) is 106 Å². The lowest BCUT2D eigenvalue weighted by Gasteiger charge is -2.23. The van der Waals surface area contributed by atoms with E-state index < -0.39 is 5.25 Å². The predicted octanol–water partition coefficient (Wildman–Crippen LogP) is 8.43. The molecule has 1 aliphatic rings. The van der Waals surface area contributed by atoms with Gasteiger partial charge in [-0.15, -0.1) is 23.1 Å². The molecule has 6 nitrogen and oxygen atoms in total. The first kappa shape index (κ1) is 30.8. The number of carbonyl (C=O) groups excluding carboxylic acids is 2. The van der Waals surface area contributed by atoms with E-state index in [0.29, 0.717) is 21.6 Å². The Morgan fingerprint density at radius 1 is 1.00 bits per heavy atom. The summed E-state index contributed by atoms with van der Waals surface area (Å²) in [7, 11) is 0. The van der Waals surface area contributed by atoms with Crippen molar-refractivity contribution in [1.82, 2.24) is 0 Å². The third-order valence-electron chi connectivity index (χ3n) is 7.34. The average Bonchev–Trinajstić information content (AvgIpc) is 3.36. The summed E-state index contributed by atoms with van der Waals surface area (Å²) in [5, 5.41) is 10.1. The Bertz CT molecular complexity index is 1600. The van der Waals surface area contributed by atoms with Crippen molar-refractivity contribution >= 4 is 68.7 Å². The molecule has 0 fully saturated rings. The summed E-state index contributed by atoms with van der Waals surface area (Å²) in [6.07, 6.45) is 2.57. The van der Waals surface area contributed by atoms with E-state index in [1.165, 1.54) is 34.2 Å². The summed E-state index contributed by atoms with van der Waals surface area (Å²) in [4.78, 5) is 28.5. The second kappa shape index (κ2) is 14.2. The molecule has 43 heavy (non-hydrogen) atoms. The van der Waals surface area contributed by atoms with Crippen molar-refractivity contribution in [3.8, 4) is 0 Å². The predicted molar refractivity (Wildman–Crippen MR) is 183 cm³/mol. The molecule has 0 spiro atoms. The van der Waals surface area contributed by atoms with Gasteiger partial charge >= 0.3 is 5.97 Å². The minimum atomic E-state index is -0.404. The van der Waals surface area contributed by atoms with E-state index in [1.807, 2.05) is 68.4 Å². The zero-order valence-corrected chi connectivity index (χ0v) is 26.9. The molecule has 1 aromatic heterocycles. The van der Waals surface area contributed by atoms with Crippen LogP contribution in [0.5, 0.6) is 0 Å². The molecular formula is C34H35N3O3S3. The van der Waals surface area contributed by atoms with Gasteiger partial charge in [0.2, 0.25) is 5.91 Å². The first-order valence-electron chi connectivity index (χ1n) is 14.4. The van der Waals surface area contributed by atoms with Gasteiger partial charge in [-0.05, 0) is 99.6 Å². The van der Waals surface area contributed by atoms with E-state index in [0.717, 1.165) is 46.0 Å². The summed E-state index contributed by atoms with van der Waals surface area (Å²) < 4.78 is 5.42. The number of thiocarbonyl (C=S) groups is 1. The Labute approximate surface area is 266 Å². The van der Waals surface area contributed by atoms with Crippen LogP contribution < -0.4 is 16.0 Å². The summed E-state index contributed by atoms with van der Waals surface area (Å²) in [5.74, 6) is -0.146. The number of nitrogens with one attached hydrogen (secondary N) is 3. The number of esters is 1. The van der Waals surface area contributed by atoms with E-state index in [1.54, 1.807) is 6.92 Å². The largest absolute Gasteiger partial charge is 0.462 e. The van der Waals surface area contributed by atoms with Crippen LogP contribution in [0.2, 0.25) is 0 Å². The number of hydrogen-bond acceptors (Lipinski definition) is 6. The molecule has 9 heteroatoms. The second-order valence-corrected chi connectivity index (χ2v) is 13.4. The van der Waals surface area contributed by atoms with Crippen LogP contribution in [0, 0.1) is 6.92 Å². The minimum absolute atomic E-state index is 0.163. The number of amides is 1. The molecule has 1 heterocycles. The average molecular weight is 630 g/mol. The van der Waals surface area contributed by atoms with Gasteiger partial charge in [-0.25, -0.2) is 4.79 Å². The Hall–Kier alpha value is -3.66. The van der Waals surface area contributed by atoms with Crippen LogP contribution in [0.25, 0.3) is 0 Å². The number of carbonyl (C=O) groups is 2. The normalized spacial score (nSPS) is 14.7. The maximum absolute atomic E-state index is 13.4. The molecule has 222 valence electrons. The van der Waals surface area contributed by atoms with Crippen LogP contribution in [-0.4, -0.2) is 28.8 Å². The fourth-order valence-corrected chi connectivity index (χ4v) is 7.63. The van der Waals surface area contributed by atoms with E-state index >= 15 is 0 Å². The van der Waals surface area contributed by atoms with E-state index in [-0.39, 0.29) is 18.5 Å². The van der Waals surface area contributed by atoms with Gasteiger partial charge in [-0.2, -0.15) is 0 Å². The number of ether oxygens (including phenoxy) is 1. The van der Waals surface area contributed by atoms with Gasteiger partial charge in [0.15, 0.2) is 5.11 Å². The third kappa shape index (κ3) is 7.84. The Morgan fingerprint density at radius 3 is 2.49 bits per heavy atom. The van der Waals surface area contributed by atoms with Gasteiger partial charge in [0.25, 0.3) is 0 Å². The fraction of sp³-hybridized carbons (Fsp3) is 0.265. The lowest BCUT2D eigenvalue weighted by molar-refractivity contribution is -0.115. The van der Waals surface area contributed by atoms with E-state index in [9.17, 15) is 9.59 Å². The molecule has 0 bridgehead atoms. The molecule has 0 saturated heterocycles. The molecule has 1 aliphatic carbocycles. The number of rotatable bonds is 9. The van der Waals surface area contributed by atoms with Crippen LogP contribution >= 0.6 is 35.3 Å². The first-order valence-corrected chi connectivity index (χ1v) is 16.5. The summed E-state index contributed by atoms with van der Waals surface area (Å²) in [6.45, 7) is 5.99. The number of aryl methyl sites for hydroxylation is 1. The topological polar surface area (TPSA) is 79.5 Å². The standard InChI is InChI=1S/C34H35N3O3S3/c1-4-40-33(39)30-28-18-15-24(23-9-6-5-7-10-23)19-29(28)43-32(30)37-31(38)22(3)42-27-12-8-11-26(20-27)36-34(41)35-25-16-13-21(2)14-17-25/h5-14,16-17,20,22,24H,4,15,18-19H2,1-3H3,(H,37,38)(H2,35,36,41). The van der Waals surface area contributed by atoms with Crippen molar-refractivity contribution in [2.45, 2.75) is 56.1 Å². The monoisotopic (exact) mass is 629 g/mol. The van der Waals surface area contributed by atoms with Gasteiger partial charge in [-0.1, -0.05) is 54.1 Å². The number of fused-ring (bicyclic) bond motifs is 1. The Kier molecular flexibility index (Phi) is 10.2. The minimum Gasteiger partial charge on any atom is -0.462 e. The number of anilines is 3. The lowest BCUT2D eigenvalue weighted by atomic mass is 9.83. The Balaban J connectivity index is 1.25. The quantitative estimate of drug-likeness (QED) is 0.0974. The van der Waals surface area contributed by atoms with Crippen molar-refractivity contribution < 1.29 is 14.3 Å². The van der Waals surface area contributed by atoms with Crippen LogP contribution in [0.1, 0.15) is 58.1 Å². The van der Waals surface area contributed by atoms with Crippen LogP contribution in [-0.2, 0) is 22.4 Å². The molecule has 0 radical (unpaired) electrons. The highest BCUT2D eigenvalue weighted by Gasteiger charge is 2.31. The lowest BCUT2D eigenvalue weighted by Crippen LogP contribution is -2.23. The van der Waals surface area contributed by atoms with E-state index in [4.69, 9.17) is 17.0 Å². The number of benzene rings is 3. The van der Waals surface area contributed by atoms with Gasteiger partial charge in [-0.3, -0.25) is 4.79 Å². The third-order valence-corrected chi connectivity index (χ3v) is 9.80. The molecule has 5 rings (SSSR count). The fourth-order valence-electron chi connectivity index (χ4n) is 5.15. The molecule has 4 aromatic rings. The molecule has 3 aromatic carbocycles. The van der Waals surface area contributed by atoms with Gasteiger partial charge in [0.05, 0.1) is 17.4 Å². The number of thioether (sulfide) groups is 1. The summed E-state index contributed by atoms with van der Waals surface area (Å²) >= 11 is 8.44. The van der Waals surface area contributed by atoms with Gasteiger partial charge in [0.1, 0.15) is 5.00 Å². The molecule has 2 atom stereocenters. The molecule has 0 aliphatic heterocycles. The zero-order valence-electron chi connectivity index (χ0n) is 24.4. The highest BCUT2D eigenvalue weighted by atomic mass is 32.2. The summed E-state index contributed by atoms with van der Waals surface area (Å²) in [6, 6.07) is 26.3. The number of hydrogen-bond donors (Lipinski definition) is 3.